The van der Waals surface area contributed by atoms with Gasteiger partial charge in [-0.1, -0.05) is 48.5 Å². The summed E-state index contributed by atoms with van der Waals surface area (Å²) < 4.78 is 5.26. The number of likely N-dealkylation sites (tertiary alicyclic amines) is 1. The van der Waals surface area contributed by atoms with E-state index in [1.54, 1.807) is 7.11 Å². The highest BCUT2D eigenvalue weighted by Gasteiger charge is 2.55. The van der Waals surface area contributed by atoms with E-state index < -0.39 is 5.41 Å². The molecule has 32 heavy (non-hydrogen) atoms. The van der Waals surface area contributed by atoms with Gasteiger partial charge in [0, 0.05) is 24.3 Å². The van der Waals surface area contributed by atoms with Crippen LogP contribution >= 0.6 is 0 Å². The molecule has 2 aliphatic rings. The first-order valence-corrected chi connectivity index (χ1v) is 10.9. The Morgan fingerprint density at radius 2 is 1.72 bits per heavy atom. The van der Waals surface area contributed by atoms with Crippen molar-refractivity contribution in [3.63, 3.8) is 0 Å². The molecule has 0 N–H and O–H groups in total. The molecule has 1 spiro atoms. The Morgan fingerprint density at radius 3 is 2.44 bits per heavy atom. The fourth-order valence-corrected chi connectivity index (χ4v) is 5.15. The summed E-state index contributed by atoms with van der Waals surface area (Å²) in [6.45, 7) is 2.74. The van der Waals surface area contributed by atoms with Gasteiger partial charge in [-0.25, -0.2) is 0 Å². The molecule has 2 heterocycles. The molecule has 5 nitrogen and oxygen atoms in total. The van der Waals surface area contributed by atoms with Gasteiger partial charge in [-0.05, 0) is 48.4 Å². The van der Waals surface area contributed by atoms with E-state index in [-0.39, 0.29) is 5.91 Å². The van der Waals surface area contributed by atoms with Gasteiger partial charge in [0.2, 0.25) is 5.91 Å². The summed E-state index contributed by atoms with van der Waals surface area (Å²) in [6.07, 6.45) is 0.726. The van der Waals surface area contributed by atoms with Crippen LogP contribution in [0.3, 0.4) is 0 Å². The monoisotopic (exact) mass is 423 g/mol. The van der Waals surface area contributed by atoms with Gasteiger partial charge in [-0.3, -0.25) is 9.69 Å². The normalized spacial score (nSPS) is 19.9. The van der Waals surface area contributed by atoms with Crippen molar-refractivity contribution in [3.8, 4) is 11.8 Å². The number of nitriles is 1. The number of carbonyl (C=O) groups excluding carboxylic acids is 1. The first-order chi connectivity index (χ1) is 15.6. The van der Waals surface area contributed by atoms with Crippen molar-refractivity contribution < 1.29 is 9.53 Å². The van der Waals surface area contributed by atoms with Gasteiger partial charge in [-0.2, -0.15) is 5.26 Å². The summed E-state index contributed by atoms with van der Waals surface area (Å²) >= 11 is 0. The molecule has 5 heteroatoms. The molecule has 1 atom stereocenters. The molecule has 3 aromatic carbocycles. The third-order valence-corrected chi connectivity index (χ3v) is 6.68. The molecule has 0 aliphatic carbocycles. The second-order valence-corrected chi connectivity index (χ2v) is 8.58. The highest BCUT2D eigenvalue weighted by atomic mass is 16.5. The van der Waals surface area contributed by atoms with E-state index in [9.17, 15) is 10.1 Å². The fraction of sp³-hybridized carbons (Fsp3) is 0.259. The van der Waals surface area contributed by atoms with Crippen LogP contribution in [0.2, 0.25) is 0 Å². The van der Waals surface area contributed by atoms with Crippen molar-refractivity contribution in [1.82, 2.24) is 4.90 Å². The van der Waals surface area contributed by atoms with Crippen LogP contribution in [0.5, 0.6) is 5.75 Å². The molecule has 0 radical (unpaired) electrons. The van der Waals surface area contributed by atoms with Crippen LogP contribution in [-0.2, 0) is 23.3 Å². The van der Waals surface area contributed by atoms with Gasteiger partial charge < -0.3 is 9.64 Å². The minimum absolute atomic E-state index is 0.0987. The molecule has 1 unspecified atom stereocenters. The summed E-state index contributed by atoms with van der Waals surface area (Å²) in [6, 6.07) is 26.2. The first-order valence-electron chi connectivity index (χ1n) is 10.9. The maximum atomic E-state index is 13.9. The smallest absolute Gasteiger partial charge is 0.239 e. The summed E-state index contributed by atoms with van der Waals surface area (Å²) in [4.78, 5) is 18.1. The average molecular weight is 424 g/mol. The lowest BCUT2D eigenvalue weighted by Gasteiger charge is -2.25. The van der Waals surface area contributed by atoms with Crippen molar-refractivity contribution in [1.29, 1.82) is 5.26 Å². The molecule has 1 saturated heterocycles. The lowest BCUT2D eigenvalue weighted by Crippen LogP contribution is -2.42. The van der Waals surface area contributed by atoms with Gasteiger partial charge in [0.25, 0.3) is 0 Å². The third-order valence-electron chi connectivity index (χ3n) is 6.68. The first kappa shape index (κ1) is 20.3. The van der Waals surface area contributed by atoms with E-state index in [0.29, 0.717) is 18.7 Å². The van der Waals surface area contributed by atoms with Crippen LogP contribution in [0.4, 0.5) is 5.69 Å². The number of anilines is 1. The van der Waals surface area contributed by atoms with E-state index in [1.165, 1.54) is 5.56 Å². The molecule has 0 bridgehead atoms. The zero-order valence-corrected chi connectivity index (χ0v) is 18.1. The second kappa shape index (κ2) is 8.14. The zero-order chi connectivity index (χ0) is 22.1. The average Bonchev–Trinajstić information content (AvgIpc) is 3.35. The number of nitrogens with zero attached hydrogens (tertiary/aromatic N) is 3. The summed E-state index contributed by atoms with van der Waals surface area (Å²) in [7, 11) is 1.64. The van der Waals surface area contributed by atoms with Crippen molar-refractivity contribution in [2.24, 2.45) is 0 Å². The third kappa shape index (κ3) is 3.34. The van der Waals surface area contributed by atoms with E-state index in [2.05, 4.69) is 23.1 Å². The highest BCUT2D eigenvalue weighted by Crippen LogP contribution is 2.49. The number of amides is 1. The number of hydrogen-bond acceptors (Lipinski definition) is 4. The number of carbonyl (C=O) groups is 1. The van der Waals surface area contributed by atoms with Crippen molar-refractivity contribution in [2.75, 3.05) is 25.1 Å². The number of ether oxygens (including phenoxy) is 1. The number of methoxy groups -OCH3 is 1. The summed E-state index contributed by atoms with van der Waals surface area (Å²) in [5, 5.41) is 9.86. The molecule has 1 amide bonds. The van der Waals surface area contributed by atoms with Crippen LogP contribution in [0.1, 0.15) is 28.7 Å². The Bertz CT molecular complexity index is 1180. The molecular weight excluding hydrogens is 398 g/mol. The van der Waals surface area contributed by atoms with E-state index >= 15 is 0 Å². The molecule has 1 fully saturated rings. The topological polar surface area (TPSA) is 56.6 Å². The van der Waals surface area contributed by atoms with Crippen molar-refractivity contribution in [3.05, 3.63) is 95.1 Å². The lowest BCUT2D eigenvalue weighted by atomic mass is 9.78. The molecule has 3 aromatic rings. The minimum atomic E-state index is -0.664. The highest BCUT2D eigenvalue weighted by molar-refractivity contribution is 6.09. The second-order valence-electron chi connectivity index (χ2n) is 8.58. The Hall–Kier alpha value is -3.62. The zero-order valence-electron chi connectivity index (χ0n) is 18.1. The Balaban J connectivity index is 1.49. The Morgan fingerprint density at radius 1 is 0.969 bits per heavy atom. The van der Waals surface area contributed by atoms with Crippen LogP contribution in [0.15, 0.2) is 72.8 Å². The van der Waals surface area contributed by atoms with Crippen LogP contribution in [0, 0.1) is 11.3 Å². The molecule has 2 aliphatic heterocycles. The molecular formula is C27H25N3O2. The summed E-state index contributed by atoms with van der Waals surface area (Å²) in [5.41, 5.74) is 3.98. The predicted octanol–water partition coefficient (Wildman–Crippen LogP) is 4.26. The Labute approximate surface area is 188 Å². The molecule has 160 valence electrons. The lowest BCUT2D eigenvalue weighted by molar-refractivity contribution is -0.123. The quantitative estimate of drug-likeness (QED) is 0.615. The fourth-order valence-electron chi connectivity index (χ4n) is 5.15. The van der Waals surface area contributed by atoms with Crippen LogP contribution in [0.25, 0.3) is 0 Å². The van der Waals surface area contributed by atoms with Gasteiger partial charge in [0.15, 0.2) is 0 Å². The minimum Gasteiger partial charge on any atom is -0.497 e. The molecule has 0 saturated carbocycles. The molecule has 0 aromatic heterocycles. The standard InChI is InChI=1S/C27H25N3O2/c1-32-23-12-10-21(11-13-23)18-30-24-9-5-8-22(16-28)25(24)27(26(30)31)14-15-29(19-27)17-20-6-3-2-4-7-20/h2-13H,14-15,17-19H2,1H3. The van der Waals surface area contributed by atoms with Crippen LogP contribution in [-0.4, -0.2) is 31.0 Å². The largest absolute Gasteiger partial charge is 0.497 e. The summed E-state index contributed by atoms with van der Waals surface area (Å²) in [5.74, 6) is 0.888. The van der Waals surface area contributed by atoms with Gasteiger partial charge in [0.1, 0.15) is 5.75 Å². The number of fused-ring (bicyclic) bond motifs is 2. The van der Waals surface area contributed by atoms with Crippen LogP contribution < -0.4 is 9.64 Å². The number of benzene rings is 3. The van der Waals surface area contributed by atoms with E-state index in [0.717, 1.165) is 42.1 Å². The number of rotatable bonds is 5. The van der Waals surface area contributed by atoms with Crippen molar-refractivity contribution in [2.45, 2.75) is 24.9 Å². The molecule has 5 rings (SSSR count). The number of hydrogen-bond donors (Lipinski definition) is 0. The Kier molecular flexibility index (Phi) is 5.16. The van der Waals surface area contributed by atoms with Gasteiger partial charge in [-0.15, -0.1) is 0 Å². The predicted molar refractivity (Wildman–Crippen MR) is 123 cm³/mol. The van der Waals surface area contributed by atoms with E-state index in [1.807, 2.05) is 65.6 Å². The van der Waals surface area contributed by atoms with Crippen molar-refractivity contribution >= 4 is 11.6 Å². The maximum Gasteiger partial charge on any atom is 0.239 e. The SMILES string of the molecule is COc1ccc(CN2C(=O)C3(CCN(Cc4ccccc4)C3)c3c(C#N)cccc32)cc1. The van der Waals surface area contributed by atoms with Gasteiger partial charge >= 0.3 is 0 Å². The van der Waals surface area contributed by atoms with Gasteiger partial charge in [0.05, 0.1) is 30.7 Å². The maximum absolute atomic E-state index is 13.9. The van der Waals surface area contributed by atoms with E-state index in [4.69, 9.17) is 4.74 Å².